The molecule has 1 aliphatic carbocycles. The lowest BCUT2D eigenvalue weighted by Gasteiger charge is -2.28. The van der Waals surface area contributed by atoms with Crippen LogP contribution in [0.2, 0.25) is 0 Å². The quantitative estimate of drug-likeness (QED) is 0.627. The number of pyridine rings is 1. The smallest absolute Gasteiger partial charge is 0.422 e. The molecule has 1 fully saturated rings. The Kier molecular flexibility index (Phi) is 6.90. The molecule has 0 aromatic carbocycles. The van der Waals surface area contributed by atoms with Crippen molar-refractivity contribution in [3.05, 3.63) is 23.9 Å². The largest absolute Gasteiger partial charge is 0.468 e. The van der Waals surface area contributed by atoms with E-state index < -0.39 is 12.8 Å². The van der Waals surface area contributed by atoms with Gasteiger partial charge in [0.1, 0.15) is 0 Å². The lowest BCUT2D eigenvalue weighted by molar-refractivity contribution is -0.154. The third-order valence-corrected chi connectivity index (χ3v) is 4.22. The second kappa shape index (κ2) is 8.92. The van der Waals surface area contributed by atoms with E-state index in [1.165, 1.54) is 25.1 Å². The highest BCUT2D eigenvalue weighted by atomic mass is 19.4. The van der Waals surface area contributed by atoms with Crippen molar-refractivity contribution in [2.45, 2.75) is 51.4 Å². The molecule has 5 nitrogen and oxygen atoms in total. The lowest BCUT2D eigenvalue weighted by Crippen LogP contribution is -2.44. The van der Waals surface area contributed by atoms with Crippen LogP contribution in [0.15, 0.2) is 23.3 Å². The zero-order valence-electron chi connectivity index (χ0n) is 14.6. The average Bonchev–Trinajstić information content (AvgIpc) is 2.58. The van der Waals surface area contributed by atoms with Crippen LogP contribution < -0.4 is 15.4 Å². The summed E-state index contributed by atoms with van der Waals surface area (Å²) in [5.74, 6) is 1.43. The summed E-state index contributed by atoms with van der Waals surface area (Å²) in [5.41, 5.74) is 0.771. The molecular formula is C17H25F3N4O. The van der Waals surface area contributed by atoms with Crippen LogP contribution in [0.1, 0.15) is 38.2 Å². The fourth-order valence-electron chi connectivity index (χ4n) is 2.77. The molecule has 140 valence electrons. The van der Waals surface area contributed by atoms with Crippen molar-refractivity contribution in [1.82, 2.24) is 15.6 Å². The molecule has 0 aliphatic heterocycles. The van der Waals surface area contributed by atoms with E-state index in [4.69, 9.17) is 0 Å². The average molecular weight is 358 g/mol. The van der Waals surface area contributed by atoms with Crippen molar-refractivity contribution in [2.24, 2.45) is 10.9 Å². The second-order valence-electron chi connectivity index (χ2n) is 6.43. The van der Waals surface area contributed by atoms with Crippen LogP contribution in [0.4, 0.5) is 13.2 Å². The van der Waals surface area contributed by atoms with Crippen LogP contribution in [0.5, 0.6) is 5.88 Å². The first-order chi connectivity index (χ1) is 11.9. The molecule has 25 heavy (non-hydrogen) atoms. The minimum absolute atomic E-state index is 0.0409. The van der Waals surface area contributed by atoms with E-state index in [0.717, 1.165) is 24.3 Å². The summed E-state index contributed by atoms with van der Waals surface area (Å²) in [7, 11) is 1.70. The minimum Gasteiger partial charge on any atom is -0.468 e. The topological polar surface area (TPSA) is 58.5 Å². The highest BCUT2D eigenvalue weighted by Crippen LogP contribution is 2.23. The molecule has 1 heterocycles. The maximum absolute atomic E-state index is 12.2. The third kappa shape index (κ3) is 7.19. The number of halogens is 3. The Labute approximate surface area is 146 Å². The number of guanidine groups is 1. The monoisotopic (exact) mass is 358 g/mol. The zero-order chi connectivity index (χ0) is 18.3. The van der Waals surface area contributed by atoms with E-state index in [-0.39, 0.29) is 5.88 Å². The van der Waals surface area contributed by atoms with Crippen molar-refractivity contribution in [2.75, 3.05) is 13.7 Å². The summed E-state index contributed by atoms with van der Waals surface area (Å²) in [4.78, 5) is 8.00. The number of nitrogens with one attached hydrogen (secondary N) is 2. The first kappa shape index (κ1) is 19.3. The van der Waals surface area contributed by atoms with Gasteiger partial charge in [-0.3, -0.25) is 4.99 Å². The SMILES string of the molecule is CN=C(NCc1ccnc(OCC(F)(F)F)c1)NC1CCC(C)CC1. The molecule has 2 rings (SSSR count). The first-order valence-corrected chi connectivity index (χ1v) is 8.47. The van der Waals surface area contributed by atoms with E-state index in [9.17, 15) is 13.2 Å². The molecule has 1 aliphatic rings. The maximum atomic E-state index is 12.2. The van der Waals surface area contributed by atoms with E-state index in [0.29, 0.717) is 18.5 Å². The number of alkyl halides is 3. The van der Waals surface area contributed by atoms with Gasteiger partial charge in [-0.05, 0) is 43.2 Å². The Morgan fingerprint density at radius 3 is 2.68 bits per heavy atom. The van der Waals surface area contributed by atoms with Gasteiger partial charge < -0.3 is 15.4 Å². The van der Waals surface area contributed by atoms with Crippen molar-refractivity contribution >= 4 is 5.96 Å². The van der Waals surface area contributed by atoms with Crippen molar-refractivity contribution in [3.63, 3.8) is 0 Å². The van der Waals surface area contributed by atoms with Crippen LogP contribution in [0.25, 0.3) is 0 Å². The van der Waals surface area contributed by atoms with Crippen molar-refractivity contribution in [3.8, 4) is 5.88 Å². The van der Waals surface area contributed by atoms with E-state index in [1.807, 2.05) is 0 Å². The molecule has 1 aromatic rings. The Bertz CT molecular complexity index is 569. The summed E-state index contributed by atoms with van der Waals surface area (Å²) in [5, 5.41) is 6.58. The standard InChI is InChI=1S/C17H25F3N4O/c1-12-3-5-14(6-4-12)24-16(21-2)23-10-13-7-8-22-15(9-13)25-11-17(18,19)20/h7-9,12,14H,3-6,10-11H2,1-2H3,(H2,21,23,24). The second-order valence-corrected chi connectivity index (χ2v) is 6.43. The predicted octanol–water partition coefficient (Wildman–Crippen LogP) is 3.27. The lowest BCUT2D eigenvalue weighted by atomic mass is 9.87. The maximum Gasteiger partial charge on any atom is 0.422 e. The van der Waals surface area contributed by atoms with Gasteiger partial charge in [0.25, 0.3) is 0 Å². The fourth-order valence-corrected chi connectivity index (χ4v) is 2.77. The highest BCUT2D eigenvalue weighted by molar-refractivity contribution is 5.79. The number of ether oxygens (including phenoxy) is 1. The summed E-state index contributed by atoms with van der Waals surface area (Å²) in [6.45, 7) is 1.35. The number of aromatic nitrogens is 1. The Morgan fingerprint density at radius 1 is 1.32 bits per heavy atom. The molecule has 0 saturated heterocycles. The van der Waals surface area contributed by atoms with Gasteiger partial charge in [-0.2, -0.15) is 13.2 Å². The molecule has 0 bridgehead atoms. The Hall–Kier alpha value is -1.99. The van der Waals surface area contributed by atoms with Gasteiger partial charge in [0.15, 0.2) is 12.6 Å². The summed E-state index contributed by atoms with van der Waals surface area (Å²) in [6.07, 6.45) is 1.71. The normalized spacial score (nSPS) is 21.7. The minimum atomic E-state index is -4.38. The summed E-state index contributed by atoms with van der Waals surface area (Å²) >= 11 is 0. The van der Waals surface area contributed by atoms with E-state index in [1.54, 1.807) is 13.1 Å². The highest BCUT2D eigenvalue weighted by Gasteiger charge is 2.28. The molecule has 0 atom stereocenters. The summed E-state index contributed by atoms with van der Waals surface area (Å²) in [6, 6.07) is 3.63. The molecule has 0 radical (unpaired) electrons. The van der Waals surface area contributed by atoms with E-state index >= 15 is 0 Å². The number of nitrogens with zero attached hydrogens (tertiary/aromatic N) is 2. The Balaban J connectivity index is 1.82. The van der Waals surface area contributed by atoms with E-state index in [2.05, 4.69) is 32.3 Å². The van der Waals surface area contributed by atoms with Gasteiger partial charge in [-0.15, -0.1) is 0 Å². The molecular weight excluding hydrogens is 333 g/mol. The molecule has 0 amide bonds. The number of hydrogen-bond acceptors (Lipinski definition) is 3. The van der Waals surface area contributed by atoms with Crippen LogP contribution in [-0.4, -0.2) is 36.8 Å². The van der Waals surface area contributed by atoms with Gasteiger partial charge in [-0.25, -0.2) is 4.98 Å². The van der Waals surface area contributed by atoms with Gasteiger partial charge >= 0.3 is 6.18 Å². The summed E-state index contributed by atoms with van der Waals surface area (Å²) < 4.78 is 41.3. The molecule has 2 N–H and O–H groups in total. The van der Waals surface area contributed by atoms with Crippen molar-refractivity contribution in [1.29, 1.82) is 0 Å². The third-order valence-electron chi connectivity index (χ3n) is 4.22. The van der Waals surface area contributed by atoms with Crippen LogP contribution >= 0.6 is 0 Å². The van der Waals surface area contributed by atoms with Gasteiger partial charge in [-0.1, -0.05) is 6.92 Å². The molecule has 0 unspecified atom stereocenters. The fraction of sp³-hybridized carbons (Fsp3) is 0.647. The van der Waals surface area contributed by atoms with Crippen LogP contribution in [-0.2, 0) is 6.54 Å². The van der Waals surface area contributed by atoms with Gasteiger partial charge in [0.05, 0.1) is 0 Å². The number of aliphatic imine (C=N–C) groups is 1. The molecule has 0 spiro atoms. The van der Waals surface area contributed by atoms with Crippen LogP contribution in [0.3, 0.4) is 0 Å². The van der Waals surface area contributed by atoms with Gasteiger partial charge in [0.2, 0.25) is 5.88 Å². The van der Waals surface area contributed by atoms with Crippen LogP contribution in [0, 0.1) is 5.92 Å². The first-order valence-electron chi connectivity index (χ1n) is 8.47. The predicted molar refractivity (Wildman–Crippen MR) is 90.5 cm³/mol. The zero-order valence-corrected chi connectivity index (χ0v) is 14.6. The molecule has 1 aromatic heterocycles. The Morgan fingerprint density at radius 2 is 2.04 bits per heavy atom. The van der Waals surface area contributed by atoms with Gasteiger partial charge in [0, 0.05) is 31.9 Å². The molecule has 8 heteroatoms. The molecule has 1 saturated carbocycles. The number of hydrogen-bond donors (Lipinski definition) is 2. The number of rotatable bonds is 5. The van der Waals surface area contributed by atoms with Crippen molar-refractivity contribution < 1.29 is 17.9 Å².